The van der Waals surface area contributed by atoms with E-state index < -0.39 is 10.0 Å². The van der Waals surface area contributed by atoms with Crippen LogP contribution in [-0.4, -0.2) is 19.8 Å². The lowest BCUT2D eigenvalue weighted by atomic mass is 10.1. The van der Waals surface area contributed by atoms with Gasteiger partial charge in [-0.15, -0.1) is 11.3 Å². The van der Waals surface area contributed by atoms with Crippen LogP contribution in [0.3, 0.4) is 0 Å². The average Bonchev–Trinajstić information content (AvgIpc) is 2.79. The number of rotatable bonds is 4. The van der Waals surface area contributed by atoms with E-state index in [2.05, 4.69) is 0 Å². The first-order chi connectivity index (χ1) is 9.84. The van der Waals surface area contributed by atoms with E-state index in [0.29, 0.717) is 9.90 Å². The van der Waals surface area contributed by atoms with Crippen LogP contribution in [0.5, 0.6) is 0 Å². The maximum absolute atomic E-state index is 12.5. The number of nitriles is 1. The number of hydrogen-bond donors (Lipinski definition) is 0. The van der Waals surface area contributed by atoms with E-state index >= 15 is 0 Å². The summed E-state index contributed by atoms with van der Waals surface area (Å²) < 4.78 is 26.9. The minimum Gasteiger partial charge on any atom is -0.206 e. The lowest BCUT2D eigenvalue weighted by Crippen LogP contribution is -2.25. The van der Waals surface area contributed by atoms with Gasteiger partial charge in [0.25, 0.3) is 10.0 Å². The van der Waals surface area contributed by atoms with Gasteiger partial charge in [-0.05, 0) is 36.2 Å². The number of benzene rings is 1. The van der Waals surface area contributed by atoms with Crippen molar-refractivity contribution < 1.29 is 8.42 Å². The molecule has 0 bridgehead atoms. The van der Waals surface area contributed by atoms with Crippen molar-refractivity contribution >= 4 is 33.0 Å². The molecular weight excluding hydrogens is 328 g/mol. The molecule has 1 heterocycles. The molecule has 2 aromatic rings. The number of nitrogens with zero attached hydrogens (tertiary/aromatic N) is 2. The molecule has 0 amide bonds. The lowest BCUT2D eigenvalue weighted by molar-refractivity contribution is 0.468. The average molecular weight is 341 g/mol. The Kier molecular flexibility index (Phi) is 4.69. The summed E-state index contributed by atoms with van der Waals surface area (Å²) in [6.07, 6.45) is 0. The van der Waals surface area contributed by atoms with Gasteiger partial charge in [0.1, 0.15) is 4.21 Å². The number of sulfonamides is 1. The molecule has 0 spiro atoms. The summed E-state index contributed by atoms with van der Waals surface area (Å²) in [4.78, 5) is 0. The van der Waals surface area contributed by atoms with Gasteiger partial charge in [0, 0.05) is 13.6 Å². The quantitative estimate of drug-likeness (QED) is 0.857. The fourth-order valence-corrected chi connectivity index (χ4v) is 4.87. The second-order valence-electron chi connectivity index (χ2n) is 4.60. The van der Waals surface area contributed by atoms with E-state index in [1.54, 1.807) is 37.3 Å². The van der Waals surface area contributed by atoms with Crippen LogP contribution < -0.4 is 0 Å². The van der Waals surface area contributed by atoms with E-state index in [1.807, 2.05) is 6.07 Å². The largest absolute Gasteiger partial charge is 0.252 e. The highest BCUT2D eigenvalue weighted by molar-refractivity contribution is 7.91. The van der Waals surface area contributed by atoms with Crippen LogP contribution in [0.4, 0.5) is 0 Å². The molecule has 0 saturated carbocycles. The fourth-order valence-electron chi connectivity index (χ4n) is 1.79. The number of aryl methyl sites for hydroxylation is 1. The molecule has 0 N–H and O–H groups in total. The van der Waals surface area contributed by atoms with Crippen molar-refractivity contribution in [2.75, 3.05) is 7.05 Å². The molecule has 0 radical (unpaired) electrons. The summed E-state index contributed by atoms with van der Waals surface area (Å²) in [6, 6.07) is 10.5. The molecular formula is C14H13ClN2O2S2. The zero-order valence-electron chi connectivity index (χ0n) is 11.5. The number of thiophene rings is 1. The highest BCUT2D eigenvalue weighted by Gasteiger charge is 2.24. The van der Waals surface area contributed by atoms with Gasteiger partial charge in [0.15, 0.2) is 0 Å². The molecule has 1 aromatic carbocycles. The summed E-state index contributed by atoms with van der Waals surface area (Å²) in [6.45, 7) is 1.97. The van der Waals surface area contributed by atoms with E-state index in [-0.39, 0.29) is 10.8 Å². The van der Waals surface area contributed by atoms with Crippen LogP contribution in [0, 0.1) is 18.3 Å². The predicted octanol–water partition coefficient (Wildman–Crippen LogP) is 3.40. The van der Waals surface area contributed by atoms with Gasteiger partial charge in [0.05, 0.1) is 16.0 Å². The Bertz CT molecular complexity index is 787. The van der Waals surface area contributed by atoms with E-state index in [9.17, 15) is 8.42 Å². The molecule has 0 aliphatic rings. The van der Waals surface area contributed by atoms with Crippen LogP contribution in [0.2, 0.25) is 4.34 Å². The molecule has 0 aliphatic heterocycles. The van der Waals surface area contributed by atoms with Crippen molar-refractivity contribution in [2.45, 2.75) is 17.7 Å². The van der Waals surface area contributed by atoms with E-state index in [0.717, 1.165) is 22.5 Å². The molecule has 0 fully saturated rings. The zero-order valence-corrected chi connectivity index (χ0v) is 13.9. The van der Waals surface area contributed by atoms with Gasteiger partial charge in [-0.1, -0.05) is 23.7 Å². The first-order valence-corrected chi connectivity index (χ1v) is 8.69. The van der Waals surface area contributed by atoms with Crippen molar-refractivity contribution in [1.29, 1.82) is 5.26 Å². The topological polar surface area (TPSA) is 61.2 Å². The second-order valence-corrected chi connectivity index (χ2v) is 8.52. The van der Waals surface area contributed by atoms with Gasteiger partial charge in [-0.2, -0.15) is 9.57 Å². The van der Waals surface area contributed by atoms with Gasteiger partial charge in [-0.25, -0.2) is 8.42 Å². The zero-order chi connectivity index (χ0) is 15.6. The van der Waals surface area contributed by atoms with Gasteiger partial charge >= 0.3 is 0 Å². The third-order valence-electron chi connectivity index (χ3n) is 2.96. The summed E-state index contributed by atoms with van der Waals surface area (Å²) in [5.41, 5.74) is 2.02. The minimum absolute atomic E-state index is 0.201. The van der Waals surface area contributed by atoms with Crippen molar-refractivity contribution in [2.24, 2.45) is 0 Å². The SMILES string of the molecule is Cc1cc(S(=O)(=O)N(C)Cc2cccc(C#N)c2)sc1Cl. The molecule has 0 unspecified atom stereocenters. The fraction of sp³-hybridized carbons (Fsp3) is 0.214. The number of hydrogen-bond acceptors (Lipinski definition) is 4. The molecule has 21 heavy (non-hydrogen) atoms. The maximum atomic E-state index is 12.5. The maximum Gasteiger partial charge on any atom is 0.252 e. The third-order valence-corrected chi connectivity index (χ3v) is 6.77. The molecule has 2 rings (SSSR count). The first-order valence-electron chi connectivity index (χ1n) is 6.06. The first kappa shape index (κ1) is 16.0. The van der Waals surface area contributed by atoms with Crippen molar-refractivity contribution in [3.8, 4) is 6.07 Å². The molecule has 4 nitrogen and oxygen atoms in total. The van der Waals surface area contributed by atoms with Crippen molar-refractivity contribution in [1.82, 2.24) is 4.31 Å². The van der Waals surface area contributed by atoms with Crippen LogP contribution in [0.25, 0.3) is 0 Å². The van der Waals surface area contributed by atoms with Crippen LogP contribution in [0.1, 0.15) is 16.7 Å². The minimum atomic E-state index is -3.57. The number of halogens is 1. The summed E-state index contributed by atoms with van der Waals surface area (Å²) in [5, 5.41) is 8.87. The highest BCUT2D eigenvalue weighted by atomic mass is 35.5. The Morgan fingerprint density at radius 2 is 2.10 bits per heavy atom. The Balaban J connectivity index is 2.26. The third kappa shape index (κ3) is 3.44. The van der Waals surface area contributed by atoms with Crippen LogP contribution in [0.15, 0.2) is 34.5 Å². The predicted molar refractivity (Wildman–Crippen MR) is 83.9 cm³/mol. The highest BCUT2D eigenvalue weighted by Crippen LogP contribution is 2.32. The second kappa shape index (κ2) is 6.16. The summed E-state index contributed by atoms with van der Waals surface area (Å²) in [7, 11) is -2.06. The molecule has 1 aromatic heterocycles. The van der Waals surface area contributed by atoms with Crippen molar-refractivity contribution in [3.63, 3.8) is 0 Å². The van der Waals surface area contributed by atoms with Gasteiger partial charge in [0.2, 0.25) is 0 Å². The van der Waals surface area contributed by atoms with Crippen molar-refractivity contribution in [3.05, 3.63) is 51.4 Å². The molecule has 7 heteroatoms. The lowest BCUT2D eigenvalue weighted by Gasteiger charge is -2.16. The molecule has 0 saturated heterocycles. The molecule has 0 aliphatic carbocycles. The normalized spacial score (nSPS) is 11.6. The monoisotopic (exact) mass is 340 g/mol. The van der Waals surface area contributed by atoms with Crippen LogP contribution >= 0.6 is 22.9 Å². The molecule has 110 valence electrons. The van der Waals surface area contributed by atoms with E-state index in [4.69, 9.17) is 16.9 Å². The smallest absolute Gasteiger partial charge is 0.206 e. The van der Waals surface area contributed by atoms with Gasteiger partial charge in [-0.3, -0.25) is 0 Å². The molecule has 0 atom stereocenters. The summed E-state index contributed by atoms with van der Waals surface area (Å²) in [5.74, 6) is 0. The Hall–Kier alpha value is -1.39. The Morgan fingerprint density at radius 3 is 2.67 bits per heavy atom. The van der Waals surface area contributed by atoms with E-state index in [1.165, 1.54) is 11.4 Å². The Morgan fingerprint density at radius 1 is 1.38 bits per heavy atom. The Labute approximate surface area is 133 Å². The standard InChI is InChI=1S/C14H13ClN2O2S2/c1-10-6-13(20-14(10)15)21(18,19)17(2)9-12-5-3-4-11(7-12)8-16/h3-7H,9H2,1-2H3. The summed E-state index contributed by atoms with van der Waals surface area (Å²) >= 11 is 6.99. The van der Waals surface area contributed by atoms with Gasteiger partial charge < -0.3 is 0 Å². The van der Waals surface area contributed by atoms with Crippen LogP contribution in [-0.2, 0) is 16.6 Å².